The van der Waals surface area contributed by atoms with Crippen molar-refractivity contribution in [3.8, 4) is 11.5 Å². The predicted molar refractivity (Wildman–Crippen MR) is 130 cm³/mol. The van der Waals surface area contributed by atoms with E-state index >= 15 is 0 Å². The van der Waals surface area contributed by atoms with Gasteiger partial charge in [0.2, 0.25) is 5.91 Å². The third-order valence-corrected chi connectivity index (χ3v) is 6.34. The normalized spacial score (nSPS) is 14.9. The van der Waals surface area contributed by atoms with E-state index in [9.17, 15) is 14.8 Å². The number of carbonyl (C=O) groups is 2. The van der Waals surface area contributed by atoms with Gasteiger partial charge in [0, 0.05) is 13.1 Å². The van der Waals surface area contributed by atoms with Crippen LogP contribution in [0.5, 0.6) is 11.5 Å². The second kappa shape index (κ2) is 11.5. The number of amides is 2. The first-order valence-electron chi connectivity index (χ1n) is 11.7. The van der Waals surface area contributed by atoms with Gasteiger partial charge in [-0.3, -0.25) is 14.8 Å². The zero-order chi connectivity index (χ0) is 23.8. The Hall–Kier alpha value is -3.64. The Morgan fingerprint density at radius 1 is 0.882 bits per heavy atom. The maximum Gasteiger partial charge on any atom is 0.256 e. The molecule has 1 aliphatic rings. The molecular formula is C28H30N2O4. The van der Waals surface area contributed by atoms with Gasteiger partial charge in [-0.05, 0) is 67.0 Å². The largest absolute Gasteiger partial charge is 0.457 e. The van der Waals surface area contributed by atoms with Crippen molar-refractivity contribution in [2.45, 2.75) is 25.7 Å². The fraction of sp³-hybridized carbons (Fsp3) is 0.286. The number of piperidine rings is 1. The first-order valence-corrected chi connectivity index (χ1v) is 11.7. The van der Waals surface area contributed by atoms with Crippen molar-refractivity contribution in [2.24, 2.45) is 11.8 Å². The van der Waals surface area contributed by atoms with Gasteiger partial charge in [-0.25, -0.2) is 5.48 Å². The third-order valence-electron chi connectivity index (χ3n) is 6.34. The van der Waals surface area contributed by atoms with Gasteiger partial charge in [-0.1, -0.05) is 60.7 Å². The quantitative estimate of drug-likeness (QED) is 0.293. The van der Waals surface area contributed by atoms with Crippen LogP contribution in [0.15, 0.2) is 84.9 Å². The van der Waals surface area contributed by atoms with E-state index in [1.165, 1.54) is 5.56 Å². The average molecular weight is 459 g/mol. The number of hydrogen-bond donors (Lipinski definition) is 2. The van der Waals surface area contributed by atoms with E-state index in [2.05, 4.69) is 12.1 Å². The summed E-state index contributed by atoms with van der Waals surface area (Å²) in [7, 11) is 0. The number of nitrogens with zero attached hydrogens (tertiary/aromatic N) is 1. The Labute approximate surface area is 200 Å². The van der Waals surface area contributed by atoms with Crippen LogP contribution in [0.25, 0.3) is 0 Å². The second-order valence-corrected chi connectivity index (χ2v) is 8.75. The van der Waals surface area contributed by atoms with Crippen molar-refractivity contribution in [3.05, 3.63) is 96.1 Å². The number of hydroxylamine groups is 1. The highest BCUT2D eigenvalue weighted by Crippen LogP contribution is 2.26. The monoisotopic (exact) mass is 458 g/mol. The molecule has 6 heteroatoms. The molecular weight excluding hydrogens is 428 g/mol. The van der Waals surface area contributed by atoms with Crippen molar-refractivity contribution in [1.82, 2.24) is 10.4 Å². The molecule has 0 spiro atoms. The van der Waals surface area contributed by atoms with Crippen LogP contribution in [0.1, 0.15) is 24.0 Å². The fourth-order valence-electron chi connectivity index (χ4n) is 4.49. The SMILES string of the molecule is O=C(NO)C(Cc1cccc(Oc2ccccc2)c1)C(=O)N1CCC(Cc2ccccc2)CC1. The highest BCUT2D eigenvalue weighted by atomic mass is 16.5. The van der Waals surface area contributed by atoms with E-state index in [1.54, 1.807) is 10.4 Å². The Balaban J connectivity index is 1.39. The third kappa shape index (κ3) is 6.23. The molecule has 34 heavy (non-hydrogen) atoms. The number of para-hydroxylation sites is 1. The van der Waals surface area contributed by atoms with Crippen LogP contribution in [0.3, 0.4) is 0 Å². The van der Waals surface area contributed by atoms with Gasteiger partial charge in [0.15, 0.2) is 0 Å². The number of carbonyl (C=O) groups excluding carboxylic acids is 2. The maximum atomic E-state index is 13.3. The van der Waals surface area contributed by atoms with Crippen LogP contribution >= 0.6 is 0 Å². The minimum absolute atomic E-state index is 0.182. The second-order valence-electron chi connectivity index (χ2n) is 8.75. The van der Waals surface area contributed by atoms with E-state index in [1.807, 2.05) is 72.8 Å². The lowest BCUT2D eigenvalue weighted by Crippen LogP contribution is -2.47. The molecule has 4 rings (SSSR count). The lowest BCUT2D eigenvalue weighted by atomic mass is 9.89. The van der Waals surface area contributed by atoms with Crippen LogP contribution in [0, 0.1) is 11.8 Å². The van der Waals surface area contributed by atoms with Crippen LogP contribution in [0.4, 0.5) is 0 Å². The van der Waals surface area contributed by atoms with Crippen molar-refractivity contribution in [3.63, 3.8) is 0 Å². The summed E-state index contributed by atoms with van der Waals surface area (Å²) in [6.07, 6.45) is 2.97. The molecule has 1 fully saturated rings. The number of ether oxygens (including phenoxy) is 1. The fourth-order valence-corrected chi connectivity index (χ4v) is 4.49. The van der Waals surface area contributed by atoms with Crippen LogP contribution in [0.2, 0.25) is 0 Å². The Bertz CT molecular complexity index is 1080. The summed E-state index contributed by atoms with van der Waals surface area (Å²) in [6, 6.07) is 27.1. The molecule has 1 unspecified atom stereocenters. The average Bonchev–Trinajstić information content (AvgIpc) is 2.88. The molecule has 0 aromatic heterocycles. The van der Waals surface area contributed by atoms with Gasteiger partial charge < -0.3 is 9.64 Å². The molecule has 0 saturated carbocycles. The Morgan fingerprint density at radius 3 is 2.18 bits per heavy atom. The standard InChI is InChI=1S/C28H30N2O4/c31-27(29-33)26(20-23-10-7-13-25(19-23)34-24-11-5-2-6-12-24)28(32)30-16-14-22(15-17-30)18-21-8-3-1-4-9-21/h1-13,19,22,26,33H,14-18,20H2,(H,29,31). The van der Waals surface area contributed by atoms with Crippen LogP contribution in [-0.4, -0.2) is 35.0 Å². The highest BCUT2D eigenvalue weighted by Gasteiger charge is 2.33. The zero-order valence-electron chi connectivity index (χ0n) is 19.1. The highest BCUT2D eigenvalue weighted by molar-refractivity contribution is 6.00. The van der Waals surface area contributed by atoms with Crippen molar-refractivity contribution in [1.29, 1.82) is 0 Å². The molecule has 2 N–H and O–H groups in total. The van der Waals surface area contributed by atoms with E-state index in [0.717, 1.165) is 24.8 Å². The maximum absolute atomic E-state index is 13.3. The van der Waals surface area contributed by atoms with Crippen LogP contribution in [-0.2, 0) is 22.4 Å². The van der Waals surface area contributed by atoms with E-state index in [-0.39, 0.29) is 12.3 Å². The van der Waals surface area contributed by atoms with E-state index in [4.69, 9.17) is 4.74 Å². The van der Waals surface area contributed by atoms with Gasteiger partial charge in [0.05, 0.1) is 0 Å². The van der Waals surface area contributed by atoms with Gasteiger partial charge in [-0.15, -0.1) is 0 Å². The Kier molecular flexibility index (Phi) is 7.94. The molecule has 1 heterocycles. The molecule has 2 amide bonds. The van der Waals surface area contributed by atoms with Gasteiger partial charge in [0.25, 0.3) is 5.91 Å². The molecule has 1 atom stereocenters. The summed E-state index contributed by atoms with van der Waals surface area (Å²) in [5, 5.41) is 9.29. The van der Waals surface area contributed by atoms with Crippen molar-refractivity contribution < 1.29 is 19.5 Å². The molecule has 1 aliphatic heterocycles. The first-order chi connectivity index (χ1) is 16.6. The zero-order valence-corrected chi connectivity index (χ0v) is 19.1. The summed E-state index contributed by atoms with van der Waals surface area (Å²) in [5.41, 5.74) is 3.78. The molecule has 1 saturated heterocycles. The summed E-state index contributed by atoms with van der Waals surface area (Å²) < 4.78 is 5.88. The molecule has 0 radical (unpaired) electrons. The van der Waals surface area contributed by atoms with E-state index in [0.29, 0.717) is 30.5 Å². The van der Waals surface area contributed by atoms with Crippen molar-refractivity contribution >= 4 is 11.8 Å². The lowest BCUT2D eigenvalue weighted by Gasteiger charge is -2.34. The van der Waals surface area contributed by atoms with Crippen LogP contribution < -0.4 is 10.2 Å². The topological polar surface area (TPSA) is 78.9 Å². The van der Waals surface area contributed by atoms with Gasteiger partial charge in [0.1, 0.15) is 17.4 Å². The molecule has 3 aromatic rings. The molecule has 0 aliphatic carbocycles. The van der Waals surface area contributed by atoms with Gasteiger partial charge >= 0.3 is 0 Å². The molecule has 0 bridgehead atoms. The summed E-state index contributed by atoms with van der Waals surface area (Å²) in [5.74, 6) is -0.0873. The number of benzene rings is 3. The smallest absolute Gasteiger partial charge is 0.256 e. The Morgan fingerprint density at radius 2 is 1.50 bits per heavy atom. The summed E-state index contributed by atoms with van der Waals surface area (Å²) in [4.78, 5) is 27.5. The number of hydrogen-bond acceptors (Lipinski definition) is 4. The van der Waals surface area contributed by atoms with Crippen molar-refractivity contribution in [2.75, 3.05) is 13.1 Å². The summed E-state index contributed by atoms with van der Waals surface area (Å²) >= 11 is 0. The summed E-state index contributed by atoms with van der Waals surface area (Å²) in [6.45, 7) is 1.23. The lowest BCUT2D eigenvalue weighted by molar-refractivity contribution is -0.147. The minimum atomic E-state index is -0.998. The number of nitrogens with one attached hydrogen (secondary N) is 1. The predicted octanol–water partition coefficient (Wildman–Crippen LogP) is 4.62. The number of rotatable bonds is 8. The van der Waals surface area contributed by atoms with Gasteiger partial charge in [-0.2, -0.15) is 0 Å². The number of likely N-dealkylation sites (tertiary alicyclic amines) is 1. The minimum Gasteiger partial charge on any atom is -0.457 e. The first kappa shape index (κ1) is 23.5. The molecule has 3 aromatic carbocycles. The molecule has 6 nitrogen and oxygen atoms in total. The molecule has 176 valence electrons. The van der Waals surface area contributed by atoms with E-state index < -0.39 is 11.8 Å².